The first-order chi connectivity index (χ1) is 13.7. The van der Waals surface area contributed by atoms with Crippen molar-refractivity contribution in [2.75, 3.05) is 5.32 Å². The number of phenols is 2. The Kier molecular flexibility index (Phi) is 5.73. The standard InChI is InChI=1S/C23H22F3NO2/c1-14(2)17-8-5-6-15(22(17)18-7-3-4-9-20(18)28)13-27-19-11-10-16(12-21(19)29)23(24,25)26/h3-12,14,27-29H,13H2,1-2H3. The molecule has 3 aromatic carbocycles. The Morgan fingerprint density at radius 2 is 1.62 bits per heavy atom. The van der Waals surface area contributed by atoms with Gasteiger partial charge >= 0.3 is 6.18 Å². The van der Waals surface area contributed by atoms with Gasteiger partial charge in [-0.1, -0.05) is 50.2 Å². The van der Waals surface area contributed by atoms with Crippen molar-refractivity contribution < 1.29 is 23.4 Å². The molecular formula is C23H22F3NO2. The number of nitrogens with one attached hydrogen (secondary N) is 1. The van der Waals surface area contributed by atoms with E-state index in [0.717, 1.165) is 22.8 Å². The average molecular weight is 401 g/mol. The highest BCUT2D eigenvalue weighted by atomic mass is 19.4. The third-order valence-corrected chi connectivity index (χ3v) is 4.77. The Labute approximate surface area is 167 Å². The normalized spacial score (nSPS) is 11.7. The number of halogens is 3. The molecule has 0 aromatic heterocycles. The van der Waals surface area contributed by atoms with E-state index in [0.29, 0.717) is 11.6 Å². The quantitative estimate of drug-likeness (QED) is 0.427. The molecular weight excluding hydrogens is 379 g/mol. The van der Waals surface area contributed by atoms with Crippen molar-refractivity contribution in [1.29, 1.82) is 0 Å². The molecule has 0 fully saturated rings. The van der Waals surface area contributed by atoms with Crippen molar-refractivity contribution >= 4 is 5.69 Å². The van der Waals surface area contributed by atoms with E-state index >= 15 is 0 Å². The Bertz CT molecular complexity index is 1010. The lowest BCUT2D eigenvalue weighted by Gasteiger charge is -2.19. The van der Waals surface area contributed by atoms with Crippen LogP contribution in [0.1, 0.15) is 36.5 Å². The van der Waals surface area contributed by atoms with Gasteiger partial charge in [-0.25, -0.2) is 0 Å². The van der Waals surface area contributed by atoms with Gasteiger partial charge in [0.25, 0.3) is 0 Å². The summed E-state index contributed by atoms with van der Waals surface area (Å²) >= 11 is 0. The van der Waals surface area contributed by atoms with Crippen molar-refractivity contribution in [2.45, 2.75) is 32.5 Å². The second-order valence-corrected chi connectivity index (χ2v) is 7.14. The topological polar surface area (TPSA) is 52.5 Å². The third kappa shape index (κ3) is 4.47. The minimum atomic E-state index is -4.51. The molecule has 0 radical (unpaired) electrons. The molecule has 3 nitrogen and oxygen atoms in total. The van der Waals surface area contributed by atoms with Gasteiger partial charge in [0.15, 0.2) is 0 Å². The first-order valence-corrected chi connectivity index (χ1v) is 9.22. The van der Waals surface area contributed by atoms with Gasteiger partial charge in [0, 0.05) is 12.1 Å². The van der Waals surface area contributed by atoms with E-state index in [4.69, 9.17) is 0 Å². The molecule has 0 spiro atoms. The second-order valence-electron chi connectivity index (χ2n) is 7.14. The zero-order valence-electron chi connectivity index (χ0n) is 16.1. The molecule has 6 heteroatoms. The third-order valence-electron chi connectivity index (χ3n) is 4.77. The minimum Gasteiger partial charge on any atom is -0.507 e. The van der Waals surface area contributed by atoms with Crippen LogP contribution in [0.25, 0.3) is 11.1 Å². The second kappa shape index (κ2) is 8.07. The number of benzene rings is 3. The van der Waals surface area contributed by atoms with Crippen molar-refractivity contribution in [3.05, 3.63) is 77.4 Å². The summed E-state index contributed by atoms with van der Waals surface area (Å²) in [6.45, 7) is 4.37. The van der Waals surface area contributed by atoms with Crippen LogP contribution in [-0.4, -0.2) is 10.2 Å². The fraction of sp³-hybridized carbons (Fsp3) is 0.217. The van der Waals surface area contributed by atoms with E-state index in [2.05, 4.69) is 19.2 Å². The van der Waals surface area contributed by atoms with Crippen LogP contribution in [0.3, 0.4) is 0 Å². The van der Waals surface area contributed by atoms with E-state index in [-0.39, 0.29) is 23.9 Å². The molecule has 3 N–H and O–H groups in total. The lowest BCUT2D eigenvalue weighted by Crippen LogP contribution is -2.07. The monoisotopic (exact) mass is 401 g/mol. The molecule has 0 amide bonds. The molecule has 0 atom stereocenters. The Morgan fingerprint density at radius 1 is 0.897 bits per heavy atom. The number of alkyl halides is 3. The number of anilines is 1. The van der Waals surface area contributed by atoms with E-state index in [1.54, 1.807) is 12.1 Å². The summed E-state index contributed by atoms with van der Waals surface area (Å²) in [7, 11) is 0. The van der Waals surface area contributed by atoms with Gasteiger partial charge in [-0.05, 0) is 46.9 Å². The lowest BCUT2D eigenvalue weighted by atomic mass is 9.88. The van der Waals surface area contributed by atoms with E-state index in [1.807, 2.05) is 30.3 Å². The fourth-order valence-corrected chi connectivity index (χ4v) is 3.31. The number of hydrogen-bond acceptors (Lipinski definition) is 3. The van der Waals surface area contributed by atoms with E-state index in [9.17, 15) is 23.4 Å². The number of para-hydroxylation sites is 1. The summed E-state index contributed by atoms with van der Waals surface area (Å²) in [5.74, 6) is -0.118. The van der Waals surface area contributed by atoms with Crippen molar-refractivity contribution in [3.8, 4) is 22.6 Å². The zero-order valence-corrected chi connectivity index (χ0v) is 16.1. The van der Waals surface area contributed by atoms with E-state index in [1.165, 1.54) is 6.07 Å². The summed E-state index contributed by atoms with van der Waals surface area (Å²) in [4.78, 5) is 0. The summed E-state index contributed by atoms with van der Waals surface area (Å²) in [5, 5.41) is 23.4. The molecule has 0 aliphatic heterocycles. The molecule has 3 rings (SSSR count). The first kappa shape index (κ1) is 20.6. The molecule has 0 saturated heterocycles. The summed E-state index contributed by atoms with van der Waals surface area (Å²) in [6.07, 6.45) is -4.51. The van der Waals surface area contributed by atoms with Crippen LogP contribution < -0.4 is 5.32 Å². The van der Waals surface area contributed by atoms with Crippen molar-refractivity contribution in [2.24, 2.45) is 0 Å². The molecule has 0 saturated carbocycles. The van der Waals surface area contributed by atoms with Crippen LogP contribution in [0.5, 0.6) is 11.5 Å². The van der Waals surface area contributed by atoms with Gasteiger partial charge in [-0.15, -0.1) is 0 Å². The van der Waals surface area contributed by atoms with Crippen molar-refractivity contribution in [1.82, 2.24) is 0 Å². The Hall–Kier alpha value is -3.15. The molecule has 152 valence electrons. The summed E-state index contributed by atoms with van der Waals surface area (Å²) < 4.78 is 38.4. The predicted molar refractivity (Wildman–Crippen MR) is 108 cm³/mol. The van der Waals surface area contributed by atoms with Gasteiger partial charge in [-0.2, -0.15) is 13.2 Å². The smallest absolute Gasteiger partial charge is 0.416 e. The predicted octanol–water partition coefficient (Wildman–Crippen LogP) is 6.52. The Morgan fingerprint density at radius 3 is 2.24 bits per heavy atom. The number of hydrogen-bond donors (Lipinski definition) is 3. The fourth-order valence-electron chi connectivity index (χ4n) is 3.31. The zero-order chi connectivity index (χ0) is 21.2. The number of aromatic hydroxyl groups is 2. The highest BCUT2D eigenvalue weighted by molar-refractivity contribution is 5.77. The van der Waals surface area contributed by atoms with Crippen molar-refractivity contribution in [3.63, 3.8) is 0 Å². The van der Waals surface area contributed by atoms with Gasteiger partial charge < -0.3 is 15.5 Å². The number of rotatable bonds is 5. The largest absolute Gasteiger partial charge is 0.507 e. The highest BCUT2D eigenvalue weighted by Crippen LogP contribution is 2.38. The molecule has 0 unspecified atom stereocenters. The van der Waals surface area contributed by atoms with Gasteiger partial charge in [0.1, 0.15) is 11.5 Å². The lowest BCUT2D eigenvalue weighted by molar-refractivity contribution is -0.137. The first-order valence-electron chi connectivity index (χ1n) is 9.22. The highest BCUT2D eigenvalue weighted by Gasteiger charge is 2.31. The van der Waals surface area contributed by atoms with Crippen LogP contribution in [0.2, 0.25) is 0 Å². The maximum atomic E-state index is 12.8. The van der Waals surface area contributed by atoms with Gasteiger partial charge in [0.2, 0.25) is 0 Å². The van der Waals surface area contributed by atoms with Crippen LogP contribution in [-0.2, 0) is 12.7 Å². The molecule has 0 aliphatic rings. The molecule has 29 heavy (non-hydrogen) atoms. The van der Waals surface area contributed by atoms with Crippen LogP contribution in [0, 0.1) is 0 Å². The van der Waals surface area contributed by atoms with Gasteiger partial charge in [0.05, 0.1) is 11.3 Å². The molecule has 3 aromatic rings. The SMILES string of the molecule is CC(C)c1cccc(CNc2ccc(C(F)(F)F)cc2O)c1-c1ccccc1O. The van der Waals surface area contributed by atoms with Crippen LogP contribution in [0.15, 0.2) is 60.7 Å². The summed E-state index contributed by atoms with van der Waals surface area (Å²) in [6, 6.07) is 15.7. The summed E-state index contributed by atoms with van der Waals surface area (Å²) in [5.41, 5.74) is 2.76. The average Bonchev–Trinajstić information content (AvgIpc) is 2.66. The maximum Gasteiger partial charge on any atom is 0.416 e. The van der Waals surface area contributed by atoms with Crippen LogP contribution in [0.4, 0.5) is 18.9 Å². The minimum absolute atomic E-state index is 0.152. The maximum absolute atomic E-state index is 12.8. The van der Waals surface area contributed by atoms with Gasteiger partial charge in [-0.3, -0.25) is 0 Å². The molecule has 0 aliphatic carbocycles. The molecule has 0 heterocycles. The number of phenolic OH excluding ortho intramolecular Hbond substituents is 2. The Balaban J connectivity index is 1.97. The van der Waals surface area contributed by atoms with Crippen LogP contribution >= 0.6 is 0 Å². The van der Waals surface area contributed by atoms with E-state index < -0.39 is 17.5 Å². The molecule has 0 bridgehead atoms.